The largest absolute Gasteiger partial charge is 0.480 e. The minimum Gasteiger partial charge on any atom is -0.480 e. The lowest BCUT2D eigenvalue weighted by molar-refractivity contribution is -0.139. The Kier molecular flexibility index (Phi) is 6.65. The van der Waals surface area contributed by atoms with Gasteiger partial charge in [0.05, 0.1) is 0 Å². The molecular formula is C15H21FN2O3. The molecule has 2 atom stereocenters. The number of aliphatic carboxylic acids is 1. The lowest BCUT2D eigenvalue weighted by Crippen LogP contribution is -2.48. The minimum atomic E-state index is -1.04. The van der Waals surface area contributed by atoms with Crippen LogP contribution in [0, 0.1) is 5.82 Å². The number of carboxylic acid groups (broad SMARTS) is 1. The van der Waals surface area contributed by atoms with Crippen LogP contribution in [0.2, 0.25) is 0 Å². The monoisotopic (exact) mass is 296 g/mol. The zero-order valence-corrected chi connectivity index (χ0v) is 12.2. The van der Waals surface area contributed by atoms with E-state index < -0.39 is 18.0 Å². The molecule has 0 radical (unpaired) electrons. The minimum absolute atomic E-state index is 0.188. The number of carbonyl (C=O) groups is 2. The van der Waals surface area contributed by atoms with Crippen LogP contribution in [-0.2, 0) is 11.2 Å². The van der Waals surface area contributed by atoms with Gasteiger partial charge in [0.2, 0.25) is 0 Å². The van der Waals surface area contributed by atoms with Crippen LogP contribution >= 0.6 is 0 Å². The van der Waals surface area contributed by atoms with Crippen LogP contribution in [0.25, 0.3) is 0 Å². The number of carbonyl (C=O) groups excluding carboxylic acids is 1. The number of carboxylic acids is 1. The van der Waals surface area contributed by atoms with Crippen molar-refractivity contribution in [3.63, 3.8) is 0 Å². The molecule has 0 bridgehead atoms. The Balaban J connectivity index is 2.46. The summed E-state index contributed by atoms with van der Waals surface area (Å²) in [5, 5.41) is 14.1. The second kappa shape index (κ2) is 8.24. The molecule has 0 saturated heterocycles. The van der Waals surface area contributed by atoms with Gasteiger partial charge in [-0.2, -0.15) is 0 Å². The molecule has 5 nitrogen and oxygen atoms in total. The van der Waals surface area contributed by atoms with Crippen LogP contribution in [0.15, 0.2) is 24.3 Å². The van der Waals surface area contributed by atoms with Gasteiger partial charge in [0.25, 0.3) is 0 Å². The first-order chi connectivity index (χ1) is 9.92. The molecule has 3 N–H and O–H groups in total. The number of halogens is 1. The summed E-state index contributed by atoms with van der Waals surface area (Å²) in [5.74, 6) is -1.35. The molecular weight excluding hydrogens is 275 g/mol. The fourth-order valence-corrected chi connectivity index (χ4v) is 1.99. The topological polar surface area (TPSA) is 78.4 Å². The van der Waals surface area contributed by atoms with Gasteiger partial charge in [-0.3, -0.25) is 0 Å². The Morgan fingerprint density at radius 1 is 1.24 bits per heavy atom. The van der Waals surface area contributed by atoms with Crippen molar-refractivity contribution in [2.45, 2.75) is 45.2 Å². The quantitative estimate of drug-likeness (QED) is 0.722. The van der Waals surface area contributed by atoms with Gasteiger partial charge in [0, 0.05) is 6.04 Å². The van der Waals surface area contributed by atoms with Gasteiger partial charge in [-0.25, -0.2) is 14.0 Å². The van der Waals surface area contributed by atoms with Gasteiger partial charge >= 0.3 is 12.0 Å². The van der Waals surface area contributed by atoms with Crippen LogP contribution in [-0.4, -0.2) is 29.2 Å². The van der Waals surface area contributed by atoms with Gasteiger partial charge < -0.3 is 15.7 Å². The highest BCUT2D eigenvalue weighted by Gasteiger charge is 2.19. The first-order valence-electron chi connectivity index (χ1n) is 6.96. The number of nitrogens with one attached hydrogen (secondary N) is 2. The van der Waals surface area contributed by atoms with Crippen LogP contribution in [0.4, 0.5) is 9.18 Å². The fourth-order valence-electron chi connectivity index (χ4n) is 1.99. The van der Waals surface area contributed by atoms with Gasteiger partial charge in [-0.15, -0.1) is 0 Å². The fraction of sp³-hybridized carbons (Fsp3) is 0.467. The highest BCUT2D eigenvalue weighted by atomic mass is 19.1. The molecule has 6 heteroatoms. The van der Waals surface area contributed by atoms with E-state index >= 15 is 0 Å². The van der Waals surface area contributed by atoms with E-state index in [1.54, 1.807) is 19.1 Å². The summed E-state index contributed by atoms with van der Waals surface area (Å²) < 4.78 is 12.8. The maximum absolute atomic E-state index is 12.8. The summed E-state index contributed by atoms with van der Waals surface area (Å²) in [6.45, 7) is 3.66. The molecule has 0 fully saturated rings. The molecule has 2 amide bonds. The van der Waals surface area contributed by atoms with Crippen LogP contribution in [0.1, 0.15) is 32.3 Å². The summed E-state index contributed by atoms with van der Waals surface area (Å²) in [4.78, 5) is 22.7. The van der Waals surface area contributed by atoms with Crippen molar-refractivity contribution in [1.29, 1.82) is 0 Å². The van der Waals surface area contributed by atoms with Crippen molar-refractivity contribution in [3.8, 4) is 0 Å². The van der Waals surface area contributed by atoms with Crippen LogP contribution in [0.3, 0.4) is 0 Å². The highest BCUT2D eigenvalue weighted by molar-refractivity contribution is 5.82. The van der Waals surface area contributed by atoms with Crippen molar-refractivity contribution >= 4 is 12.0 Å². The average molecular weight is 296 g/mol. The SMILES string of the molecule is CCC[C@@H](NC(=O)NC(C)Cc1ccc(F)cc1)C(=O)O. The summed E-state index contributed by atoms with van der Waals surface area (Å²) >= 11 is 0. The number of urea groups is 1. The Morgan fingerprint density at radius 2 is 1.86 bits per heavy atom. The van der Waals surface area contributed by atoms with E-state index in [1.165, 1.54) is 12.1 Å². The molecule has 1 aromatic carbocycles. The second-order valence-electron chi connectivity index (χ2n) is 5.03. The van der Waals surface area contributed by atoms with Crippen molar-refractivity contribution in [2.75, 3.05) is 0 Å². The van der Waals surface area contributed by atoms with Crippen LogP contribution in [0.5, 0.6) is 0 Å². The van der Waals surface area contributed by atoms with Crippen molar-refractivity contribution in [1.82, 2.24) is 10.6 Å². The predicted octanol–water partition coefficient (Wildman–Crippen LogP) is 2.31. The van der Waals surface area contributed by atoms with E-state index in [1.807, 2.05) is 6.92 Å². The molecule has 0 saturated carbocycles. The molecule has 1 unspecified atom stereocenters. The third-order valence-corrected chi connectivity index (χ3v) is 3.01. The van der Waals surface area contributed by atoms with E-state index in [2.05, 4.69) is 10.6 Å². The van der Waals surface area contributed by atoms with Gasteiger partial charge in [0.1, 0.15) is 11.9 Å². The molecule has 21 heavy (non-hydrogen) atoms. The van der Waals surface area contributed by atoms with Crippen molar-refractivity contribution in [3.05, 3.63) is 35.6 Å². The second-order valence-corrected chi connectivity index (χ2v) is 5.03. The number of amides is 2. The first-order valence-corrected chi connectivity index (χ1v) is 6.96. The molecule has 0 aliphatic heterocycles. The number of hydrogen-bond acceptors (Lipinski definition) is 2. The maximum atomic E-state index is 12.8. The Bertz CT molecular complexity index is 476. The van der Waals surface area contributed by atoms with E-state index in [4.69, 9.17) is 5.11 Å². The van der Waals surface area contributed by atoms with Gasteiger partial charge in [0.15, 0.2) is 0 Å². The van der Waals surface area contributed by atoms with E-state index in [0.29, 0.717) is 19.3 Å². The molecule has 0 aliphatic rings. The number of benzene rings is 1. The van der Waals surface area contributed by atoms with E-state index in [9.17, 15) is 14.0 Å². The van der Waals surface area contributed by atoms with E-state index in [-0.39, 0.29) is 11.9 Å². The Morgan fingerprint density at radius 3 is 2.38 bits per heavy atom. The summed E-state index contributed by atoms with van der Waals surface area (Å²) in [7, 11) is 0. The van der Waals surface area contributed by atoms with Crippen LogP contribution < -0.4 is 10.6 Å². The maximum Gasteiger partial charge on any atom is 0.326 e. The molecule has 1 rings (SSSR count). The highest BCUT2D eigenvalue weighted by Crippen LogP contribution is 2.05. The average Bonchev–Trinajstić information content (AvgIpc) is 2.40. The van der Waals surface area contributed by atoms with E-state index in [0.717, 1.165) is 5.56 Å². The molecule has 0 spiro atoms. The van der Waals surface area contributed by atoms with Gasteiger partial charge in [-0.1, -0.05) is 25.5 Å². The Hall–Kier alpha value is -2.11. The van der Waals surface area contributed by atoms with Crippen molar-refractivity contribution in [2.24, 2.45) is 0 Å². The zero-order chi connectivity index (χ0) is 15.8. The lowest BCUT2D eigenvalue weighted by Gasteiger charge is -2.18. The third-order valence-electron chi connectivity index (χ3n) is 3.01. The normalized spacial score (nSPS) is 13.3. The number of hydrogen-bond donors (Lipinski definition) is 3. The van der Waals surface area contributed by atoms with Crippen molar-refractivity contribution < 1.29 is 19.1 Å². The molecule has 1 aromatic rings. The number of rotatable bonds is 7. The molecule has 0 aromatic heterocycles. The first kappa shape index (κ1) is 16.9. The summed E-state index contributed by atoms with van der Waals surface area (Å²) in [5.41, 5.74) is 0.896. The molecule has 0 heterocycles. The smallest absolute Gasteiger partial charge is 0.326 e. The predicted molar refractivity (Wildman–Crippen MR) is 77.6 cm³/mol. The lowest BCUT2D eigenvalue weighted by atomic mass is 10.1. The molecule has 0 aliphatic carbocycles. The molecule has 116 valence electrons. The summed E-state index contributed by atoms with van der Waals surface area (Å²) in [6, 6.07) is 4.46. The zero-order valence-electron chi connectivity index (χ0n) is 12.2. The standard InChI is InChI=1S/C15H21FN2O3/c1-3-4-13(14(19)20)18-15(21)17-10(2)9-11-5-7-12(16)8-6-11/h5-8,10,13H,3-4,9H2,1-2H3,(H,19,20)(H2,17,18,21)/t10?,13-/m1/s1. The van der Waals surface area contributed by atoms with Gasteiger partial charge in [-0.05, 0) is 37.5 Å². The Labute approximate surface area is 123 Å². The summed E-state index contributed by atoms with van der Waals surface area (Å²) in [6.07, 6.45) is 1.59. The third kappa shape index (κ3) is 6.25.